The largest absolute Gasteiger partial charge is 0.316 e. The summed E-state index contributed by atoms with van der Waals surface area (Å²) in [6.45, 7) is 15.1. The summed E-state index contributed by atoms with van der Waals surface area (Å²) in [6.07, 6.45) is 4.24. The van der Waals surface area contributed by atoms with Crippen molar-refractivity contribution < 1.29 is 0 Å². The average molecular weight is 286 g/mol. The summed E-state index contributed by atoms with van der Waals surface area (Å²) in [5.41, 5.74) is 0. The van der Waals surface area contributed by atoms with Crippen LogP contribution in [0.1, 0.15) is 54.4 Å². The Morgan fingerprint density at radius 3 is 2.00 bits per heavy atom. The zero-order valence-corrected chi connectivity index (χ0v) is 13.5. The van der Waals surface area contributed by atoms with Crippen LogP contribution in [-0.2, 0) is 0 Å². The Labute approximate surface area is 127 Å². The van der Waals surface area contributed by atoms with E-state index in [2.05, 4.69) is 43.6 Å². The molecule has 3 N–H and O–H groups in total. The zero-order chi connectivity index (χ0) is 14.1. The summed E-state index contributed by atoms with van der Waals surface area (Å²) in [5, 5.41) is 10.3. The highest BCUT2D eigenvalue weighted by molar-refractivity contribution is 4.77. The Kier molecular flexibility index (Phi) is 11.5. The van der Waals surface area contributed by atoms with Crippen LogP contribution in [-0.4, -0.2) is 38.8 Å². The fourth-order valence-electron chi connectivity index (χ4n) is 2.76. The van der Waals surface area contributed by atoms with Crippen molar-refractivity contribution in [1.29, 1.82) is 0 Å². The van der Waals surface area contributed by atoms with Crippen molar-refractivity contribution in [3.63, 3.8) is 0 Å². The second-order valence-corrected chi connectivity index (χ2v) is 6.71. The highest BCUT2D eigenvalue weighted by atomic mass is 15.1. The standard InChI is InChI=1S/C9H19N.C7H16N2.CH4/c1-8(2)9-5-3-4-6-10-7-9;1-6(2)7-5-8-3-4-9-7;/h8-10H,3-7H2,1-2H3;6-9H,3-5H2,1-2H3;1H4. The third-order valence-corrected chi connectivity index (χ3v) is 4.41. The van der Waals surface area contributed by atoms with E-state index in [1.54, 1.807) is 0 Å². The van der Waals surface area contributed by atoms with E-state index >= 15 is 0 Å². The Morgan fingerprint density at radius 1 is 0.800 bits per heavy atom. The van der Waals surface area contributed by atoms with Gasteiger partial charge in [-0.05, 0) is 43.7 Å². The second-order valence-electron chi connectivity index (χ2n) is 6.71. The third-order valence-electron chi connectivity index (χ3n) is 4.41. The molecule has 2 aliphatic heterocycles. The smallest absolute Gasteiger partial charge is 0.0215 e. The molecule has 122 valence electrons. The van der Waals surface area contributed by atoms with Crippen LogP contribution in [0.3, 0.4) is 0 Å². The molecule has 2 rings (SSSR count). The molecule has 2 aliphatic rings. The van der Waals surface area contributed by atoms with Crippen molar-refractivity contribution in [2.24, 2.45) is 17.8 Å². The van der Waals surface area contributed by atoms with E-state index in [1.165, 1.54) is 32.4 Å². The summed E-state index contributed by atoms with van der Waals surface area (Å²) in [4.78, 5) is 0. The minimum atomic E-state index is 0. The van der Waals surface area contributed by atoms with Gasteiger partial charge in [-0.2, -0.15) is 0 Å². The normalized spacial score (nSPS) is 27.3. The lowest BCUT2D eigenvalue weighted by Gasteiger charge is -2.27. The number of nitrogens with one attached hydrogen (secondary N) is 3. The van der Waals surface area contributed by atoms with E-state index in [9.17, 15) is 0 Å². The second kappa shape index (κ2) is 11.5. The first-order valence-electron chi connectivity index (χ1n) is 8.26. The van der Waals surface area contributed by atoms with E-state index < -0.39 is 0 Å². The summed E-state index contributed by atoms with van der Waals surface area (Å²) in [5.74, 6) is 2.56. The van der Waals surface area contributed by atoms with E-state index in [0.717, 1.165) is 37.4 Å². The molecule has 2 saturated heterocycles. The maximum absolute atomic E-state index is 3.48. The van der Waals surface area contributed by atoms with Gasteiger partial charge in [0.1, 0.15) is 0 Å². The Morgan fingerprint density at radius 2 is 1.50 bits per heavy atom. The van der Waals surface area contributed by atoms with Gasteiger partial charge in [-0.25, -0.2) is 0 Å². The van der Waals surface area contributed by atoms with Crippen LogP contribution in [0.25, 0.3) is 0 Å². The van der Waals surface area contributed by atoms with Crippen molar-refractivity contribution in [1.82, 2.24) is 16.0 Å². The summed E-state index contributed by atoms with van der Waals surface area (Å²) in [7, 11) is 0. The molecule has 0 aromatic rings. The molecule has 3 nitrogen and oxygen atoms in total. The summed E-state index contributed by atoms with van der Waals surface area (Å²) >= 11 is 0. The van der Waals surface area contributed by atoms with Gasteiger partial charge in [0.25, 0.3) is 0 Å². The molecule has 2 unspecified atom stereocenters. The SMILES string of the molecule is C.CC(C)C1CCCCNC1.CC(C)C1CNCCN1. The van der Waals surface area contributed by atoms with Crippen molar-refractivity contribution in [3.8, 4) is 0 Å². The quantitative estimate of drug-likeness (QED) is 0.730. The molecule has 3 heteroatoms. The average Bonchev–Trinajstić information content (AvgIpc) is 2.69. The van der Waals surface area contributed by atoms with E-state index in [1.807, 2.05) is 0 Å². The summed E-state index contributed by atoms with van der Waals surface area (Å²) in [6, 6.07) is 0.693. The lowest BCUT2D eigenvalue weighted by Crippen LogP contribution is -2.50. The van der Waals surface area contributed by atoms with Crippen molar-refractivity contribution in [2.45, 2.75) is 60.4 Å². The third kappa shape index (κ3) is 8.23. The summed E-state index contributed by atoms with van der Waals surface area (Å²) < 4.78 is 0. The molecule has 0 aromatic heterocycles. The number of piperazine rings is 1. The fraction of sp³-hybridized carbons (Fsp3) is 1.00. The molecule has 0 radical (unpaired) electrons. The van der Waals surface area contributed by atoms with Gasteiger partial charge < -0.3 is 16.0 Å². The van der Waals surface area contributed by atoms with Gasteiger partial charge in [0, 0.05) is 25.7 Å². The van der Waals surface area contributed by atoms with Crippen LogP contribution in [0, 0.1) is 17.8 Å². The molecular formula is C17H39N3. The van der Waals surface area contributed by atoms with Crippen molar-refractivity contribution in [3.05, 3.63) is 0 Å². The van der Waals surface area contributed by atoms with Crippen molar-refractivity contribution in [2.75, 3.05) is 32.7 Å². The topological polar surface area (TPSA) is 36.1 Å². The van der Waals surface area contributed by atoms with Crippen LogP contribution in [0.5, 0.6) is 0 Å². The monoisotopic (exact) mass is 285 g/mol. The molecule has 20 heavy (non-hydrogen) atoms. The van der Waals surface area contributed by atoms with Crippen LogP contribution in [0.15, 0.2) is 0 Å². The first kappa shape index (κ1) is 19.9. The van der Waals surface area contributed by atoms with Crippen LogP contribution < -0.4 is 16.0 Å². The molecular weight excluding hydrogens is 246 g/mol. The maximum atomic E-state index is 3.48. The van der Waals surface area contributed by atoms with E-state index in [-0.39, 0.29) is 7.43 Å². The fourth-order valence-corrected chi connectivity index (χ4v) is 2.76. The van der Waals surface area contributed by atoms with Crippen LogP contribution in [0.4, 0.5) is 0 Å². The van der Waals surface area contributed by atoms with Gasteiger partial charge in [0.2, 0.25) is 0 Å². The molecule has 2 heterocycles. The van der Waals surface area contributed by atoms with Crippen LogP contribution >= 0.6 is 0 Å². The van der Waals surface area contributed by atoms with Gasteiger partial charge in [-0.15, -0.1) is 0 Å². The number of hydrogen-bond acceptors (Lipinski definition) is 3. The number of rotatable bonds is 2. The first-order valence-corrected chi connectivity index (χ1v) is 8.26. The van der Waals surface area contributed by atoms with Gasteiger partial charge in [0.15, 0.2) is 0 Å². The van der Waals surface area contributed by atoms with Gasteiger partial charge in [-0.1, -0.05) is 41.5 Å². The molecule has 0 bridgehead atoms. The molecule has 0 aliphatic carbocycles. The van der Waals surface area contributed by atoms with Gasteiger partial charge in [0.05, 0.1) is 0 Å². The maximum Gasteiger partial charge on any atom is 0.0215 e. The molecule has 2 fully saturated rings. The highest BCUT2D eigenvalue weighted by Gasteiger charge is 2.15. The minimum Gasteiger partial charge on any atom is -0.316 e. The van der Waals surface area contributed by atoms with E-state index in [4.69, 9.17) is 0 Å². The molecule has 0 aromatic carbocycles. The molecule has 0 spiro atoms. The minimum absolute atomic E-state index is 0. The zero-order valence-electron chi connectivity index (χ0n) is 13.5. The molecule has 0 saturated carbocycles. The predicted octanol–water partition coefficient (Wildman–Crippen LogP) is 2.87. The first-order chi connectivity index (χ1) is 9.11. The predicted molar refractivity (Wildman–Crippen MR) is 91.3 cm³/mol. The molecule has 2 atom stereocenters. The van der Waals surface area contributed by atoms with Gasteiger partial charge >= 0.3 is 0 Å². The lowest BCUT2D eigenvalue weighted by atomic mass is 9.92. The Bertz CT molecular complexity index is 202. The number of hydrogen-bond donors (Lipinski definition) is 3. The van der Waals surface area contributed by atoms with E-state index in [0.29, 0.717) is 6.04 Å². The Hall–Kier alpha value is -0.120. The Balaban J connectivity index is 0.000000345. The van der Waals surface area contributed by atoms with Gasteiger partial charge in [-0.3, -0.25) is 0 Å². The van der Waals surface area contributed by atoms with Crippen LogP contribution in [0.2, 0.25) is 0 Å². The van der Waals surface area contributed by atoms with Crippen molar-refractivity contribution >= 4 is 0 Å². The highest BCUT2D eigenvalue weighted by Crippen LogP contribution is 2.18. The lowest BCUT2D eigenvalue weighted by molar-refractivity contribution is 0.342. The molecule has 0 amide bonds.